The van der Waals surface area contributed by atoms with E-state index in [2.05, 4.69) is 5.32 Å². The lowest BCUT2D eigenvalue weighted by Gasteiger charge is -2.37. The van der Waals surface area contributed by atoms with E-state index >= 15 is 0 Å². The van der Waals surface area contributed by atoms with Crippen LogP contribution in [-0.4, -0.2) is 29.1 Å². The van der Waals surface area contributed by atoms with Crippen molar-refractivity contribution < 1.29 is 19.4 Å². The summed E-state index contributed by atoms with van der Waals surface area (Å²) >= 11 is 0. The molecule has 1 aliphatic carbocycles. The highest BCUT2D eigenvalue weighted by molar-refractivity contribution is 5.91. The van der Waals surface area contributed by atoms with Gasteiger partial charge >= 0.3 is 5.97 Å². The molecule has 1 aromatic rings. The molecule has 0 saturated heterocycles. The molecule has 1 aliphatic rings. The minimum Gasteiger partial charge on any atom is -0.482 e. The molecular weight excluding hydrogens is 260 g/mol. The number of hydrogen-bond acceptors (Lipinski definition) is 4. The van der Waals surface area contributed by atoms with Gasteiger partial charge in [0, 0.05) is 17.6 Å². The summed E-state index contributed by atoms with van der Waals surface area (Å²) in [7, 11) is 0. The van der Waals surface area contributed by atoms with E-state index in [4.69, 9.17) is 15.6 Å². The number of nitrogens with two attached hydrogens (primary N) is 1. The number of amides is 1. The number of hydrogen-bond donors (Lipinski definition) is 3. The van der Waals surface area contributed by atoms with Crippen molar-refractivity contribution in [1.82, 2.24) is 0 Å². The highest BCUT2D eigenvalue weighted by Crippen LogP contribution is 2.32. The summed E-state index contributed by atoms with van der Waals surface area (Å²) in [6.07, 6.45) is 3.19. The third-order valence-corrected chi connectivity index (χ3v) is 3.36. The fourth-order valence-electron chi connectivity index (χ4n) is 2.11. The van der Waals surface area contributed by atoms with E-state index in [1.807, 2.05) is 0 Å². The van der Waals surface area contributed by atoms with E-state index < -0.39 is 5.97 Å². The van der Waals surface area contributed by atoms with Crippen LogP contribution in [0.1, 0.15) is 25.7 Å². The van der Waals surface area contributed by atoms with E-state index in [1.54, 1.807) is 24.3 Å². The minimum absolute atomic E-state index is 0.105. The molecule has 20 heavy (non-hydrogen) atoms. The molecule has 1 aromatic carbocycles. The maximum absolute atomic E-state index is 11.8. The third kappa shape index (κ3) is 3.96. The van der Waals surface area contributed by atoms with Gasteiger partial charge in [-0.05, 0) is 43.5 Å². The number of aliphatic carboxylic acids is 1. The average Bonchev–Trinajstić information content (AvgIpc) is 2.36. The second-order valence-electron chi connectivity index (χ2n) is 5.15. The zero-order valence-electron chi connectivity index (χ0n) is 11.1. The Labute approximate surface area is 116 Å². The number of carbonyl (C=O) groups is 2. The summed E-state index contributed by atoms with van der Waals surface area (Å²) in [5, 5.41) is 11.3. The Morgan fingerprint density at radius 3 is 2.45 bits per heavy atom. The summed E-state index contributed by atoms with van der Waals surface area (Å²) < 4.78 is 5.00. The number of rotatable bonds is 6. The minimum atomic E-state index is -1.03. The van der Waals surface area contributed by atoms with Crippen molar-refractivity contribution in [3.05, 3.63) is 24.3 Å². The summed E-state index contributed by atoms with van der Waals surface area (Å²) in [4.78, 5) is 22.2. The van der Waals surface area contributed by atoms with Crippen LogP contribution in [0.25, 0.3) is 0 Å². The van der Waals surface area contributed by atoms with Gasteiger partial charge in [0.15, 0.2) is 6.61 Å². The van der Waals surface area contributed by atoms with Crippen LogP contribution in [0, 0.1) is 0 Å². The van der Waals surface area contributed by atoms with Gasteiger partial charge in [-0.15, -0.1) is 0 Å². The Morgan fingerprint density at radius 2 is 1.95 bits per heavy atom. The first kappa shape index (κ1) is 14.3. The van der Waals surface area contributed by atoms with Crippen molar-refractivity contribution in [3.8, 4) is 5.75 Å². The largest absolute Gasteiger partial charge is 0.482 e. The topological polar surface area (TPSA) is 102 Å². The predicted octanol–water partition coefficient (Wildman–Crippen LogP) is 1.36. The number of carbonyl (C=O) groups excluding carboxylic acids is 1. The summed E-state index contributed by atoms with van der Waals surface area (Å²) in [5.41, 5.74) is 6.31. The summed E-state index contributed by atoms with van der Waals surface area (Å²) in [5.74, 6) is -0.692. The summed E-state index contributed by atoms with van der Waals surface area (Å²) in [6.45, 7) is -0.388. The van der Waals surface area contributed by atoms with Crippen LogP contribution in [0.3, 0.4) is 0 Å². The maximum Gasteiger partial charge on any atom is 0.341 e. The lowest BCUT2D eigenvalue weighted by Crippen LogP contribution is -2.48. The lowest BCUT2D eigenvalue weighted by molar-refractivity contribution is -0.139. The van der Waals surface area contributed by atoms with Crippen LogP contribution in [-0.2, 0) is 9.59 Å². The highest BCUT2D eigenvalue weighted by Gasteiger charge is 2.34. The summed E-state index contributed by atoms with van der Waals surface area (Å²) in [6, 6.07) is 6.55. The van der Waals surface area contributed by atoms with Gasteiger partial charge in [-0.3, -0.25) is 4.79 Å². The molecule has 0 spiro atoms. The van der Waals surface area contributed by atoms with Crippen LogP contribution in [0.4, 0.5) is 5.69 Å². The molecule has 0 aromatic heterocycles. The van der Waals surface area contributed by atoms with E-state index in [1.165, 1.54) is 0 Å². The molecule has 4 N–H and O–H groups in total. The Morgan fingerprint density at radius 1 is 1.30 bits per heavy atom. The number of anilines is 1. The standard InChI is InChI=1S/C14H18N2O4/c15-14(6-1-7-14)8-12(17)16-10-2-4-11(5-3-10)20-9-13(18)19/h2-5H,1,6-9,15H2,(H,16,17)(H,18,19). The van der Waals surface area contributed by atoms with Gasteiger partial charge < -0.3 is 20.9 Å². The molecule has 0 atom stereocenters. The van der Waals surface area contributed by atoms with Gasteiger partial charge in [-0.1, -0.05) is 0 Å². The maximum atomic E-state index is 11.8. The SMILES string of the molecule is NC1(CC(=O)Nc2ccc(OCC(=O)O)cc2)CCC1. The highest BCUT2D eigenvalue weighted by atomic mass is 16.5. The molecule has 0 aliphatic heterocycles. The number of carboxylic acids is 1. The van der Waals surface area contributed by atoms with Crippen molar-refractivity contribution in [3.63, 3.8) is 0 Å². The first-order valence-corrected chi connectivity index (χ1v) is 6.50. The number of carboxylic acid groups (broad SMARTS) is 1. The van der Waals surface area contributed by atoms with E-state index in [0.29, 0.717) is 17.9 Å². The predicted molar refractivity (Wildman–Crippen MR) is 73.6 cm³/mol. The molecule has 6 heteroatoms. The monoisotopic (exact) mass is 278 g/mol. The first-order valence-electron chi connectivity index (χ1n) is 6.50. The molecule has 0 heterocycles. The third-order valence-electron chi connectivity index (χ3n) is 3.36. The van der Waals surface area contributed by atoms with Crippen molar-refractivity contribution >= 4 is 17.6 Å². The van der Waals surface area contributed by atoms with Crippen molar-refractivity contribution in [2.75, 3.05) is 11.9 Å². The normalized spacial score (nSPS) is 16.1. The molecular formula is C14H18N2O4. The van der Waals surface area contributed by atoms with Gasteiger partial charge in [0.2, 0.25) is 5.91 Å². The van der Waals surface area contributed by atoms with Crippen molar-refractivity contribution in [2.45, 2.75) is 31.2 Å². The van der Waals surface area contributed by atoms with Crippen LogP contribution in [0.15, 0.2) is 24.3 Å². The van der Waals surface area contributed by atoms with Crippen molar-refractivity contribution in [1.29, 1.82) is 0 Å². The quantitative estimate of drug-likeness (QED) is 0.729. The fraction of sp³-hybridized carbons (Fsp3) is 0.429. The lowest BCUT2D eigenvalue weighted by atomic mass is 9.75. The van der Waals surface area contributed by atoms with Gasteiger partial charge in [0.05, 0.1) is 0 Å². The van der Waals surface area contributed by atoms with Crippen LogP contribution < -0.4 is 15.8 Å². The molecule has 1 saturated carbocycles. The molecule has 1 fully saturated rings. The second-order valence-corrected chi connectivity index (χ2v) is 5.15. The molecule has 1 amide bonds. The number of nitrogens with one attached hydrogen (secondary N) is 1. The van der Waals surface area contributed by atoms with Crippen LogP contribution in [0.5, 0.6) is 5.75 Å². The average molecular weight is 278 g/mol. The van der Waals surface area contributed by atoms with Gasteiger partial charge in [0.25, 0.3) is 0 Å². The van der Waals surface area contributed by atoms with Crippen LogP contribution in [0.2, 0.25) is 0 Å². The Bertz CT molecular complexity index is 494. The Kier molecular flexibility index (Phi) is 4.24. The van der Waals surface area contributed by atoms with Gasteiger partial charge in [0.1, 0.15) is 5.75 Å². The molecule has 0 radical (unpaired) electrons. The van der Waals surface area contributed by atoms with E-state index in [9.17, 15) is 9.59 Å². The van der Waals surface area contributed by atoms with E-state index in [-0.39, 0.29) is 18.1 Å². The zero-order valence-corrected chi connectivity index (χ0v) is 11.1. The van der Waals surface area contributed by atoms with Gasteiger partial charge in [-0.2, -0.15) is 0 Å². The molecule has 6 nitrogen and oxygen atoms in total. The van der Waals surface area contributed by atoms with Crippen molar-refractivity contribution in [2.24, 2.45) is 5.73 Å². The molecule has 2 rings (SSSR count). The van der Waals surface area contributed by atoms with Crippen LogP contribution >= 0.6 is 0 Å². The second kappa shape index (κ2) is 5.92. The van der Waals surface area contributed by atoms with E-state index in [0.717, 1.165) is 19.3 Å². The van der Waals surface area contributed by atoms with Gasteiger partial charge in [-0.25, -0.2) is 4.79 Å². The smallest absolute Gasteiger partial charge is 0.341 e. The molecule has 108 valence electrons. The zero-order chi connectivity index (χ0) is 14.6. The fourth-order valence-corrected chi connectivity index (χ4v) is 2.11. The Hall–Kier alpha value is -2.08. The number of benzene rings is 1. The molecule has 0 unspecified atom stereocenters. The molecule has 0 bridgehead atoms. The Balaban J connectivity index is 1.83. The number of ether oxygens (including phenoxy) is 1. The first-order chi connectivity index (χ1) is 9.47.